The molecule has 3 N–H and O–H groups in total. The van der Waals surface area contributed by atoms with E-state index in [4.69, 9.17) is 5.84 Å². The van der Waals surface area contributed by atoms with Crippen molar-refractivity contribution in [3.05, 3.63) is 64.7 Å². The number of thioether (sulfide) groups is 1. The van der Waals surface area contributed by atoms with Crippen LogP contribution in [0.4, 0.5) is 8.78 Å². The third kappa shape index (κ3) is 2.85. The molecule has 0 amide bonds. The third-order valence-electron chi connectivity index (χ3n) is 3.23. The zero-order valence-electron chi connectivity index (χ0n) is 11.3. The van der Waals surface area contributed by atoms with Gasteiger partial charge in [0.05, 0.1) is 6.04 Å². The van der Waals surface area contributed by atoms with E-state index in [-0.39, 0.29) is 11.1 Å². The van der Waals surface area contributed by atoms with Gasteiger partial charge in [-0.15, -0.1) is 11.8 Å². The summed E-state index contributed by atoms with van der Waals surface area (Å²) in [4.78, 5) is 1.10. The molecule has 5 heteroatoms. The van der Waals surface area contributed by atoms with E-state index in [0.29, 0.717) is 0 Å². The molecule has 0 aliphatic heterocycles. The van der Waals surface area contributed by atoms with Gasteiger partial charge in [-0.2, -0.15) is 0 Å². The van der Waals surface area contributed by atoms with E-state index in [0.717, 1.165) is 10.5 Å². The van der Waals surface area contributed by atoms with Gasteiger partial charge in [0.2, 0.25) is 0 Å². The summed E-state index contributed by atoms with van der Waals surface area (Å²) >= 11 is 1.61. The average Bonchev–Trinajstić information content (AvgIpc) is 2.48. The zero-order chi connectivity index (χ0) is 14.7. The van der Waals surface area contributed by atoms with Crippen LogP contribution < -0.4 is 11.3 Å². The predicted octanol–water partition coefficient (Wildman–Crippen LogP) is 3.55. The van der Waals surface area contributed by atoms with Gasteiger partial charge in [0.15, 0.2) is 11.6 Å². The number of aryl methyl sites for hydroxylation is 1. The Kier molecular flexibility index (Phi) is 4.75. The summed E-state index contributed by atoms with van der Waals surface area (Å²) in [6.45, 7) is 1.53. The van der Waals surface area contributed by atoms with Crippen LogP contribution in [0.2, 0.25) is 0 Å². The second-order valence-electron chi connectivity index (χ2n) is 4.47. The van der Waals surface area contributed by atoms with Crippen molar-refractivity contribution in [3.8, 4) is 0 Å². The van der Waals surface area contributed by atoms with Crippen LogP contribution in [0.3, 0.4) is 0 Å². The lowest BCUT2D eigenvalue weighted by Crippen LogP contribution is -2.29. The normalized spacial score (nSPS) is 12.4. The Morgan fingerprint density at radius 3 is 2.25 bits per heavy atom. The Bertz CT molecular complexity index is 600. The molecular weight excluding hydrogens is 278 g/mol. The van der Waals surface area contributed by atoms with Gasteiger partial charge < -0.3 is 0 Å². The van der Waals surface area contributed by atoms with Gasteiger partial charge in [-0.05, 0) is 36.4 Å². The Morgan fingerprint density at radius 2 is 1.70 bits per heavy atom. The maximum Gasteiger partial charge on any atom is 0.164 e. The molecule has 2 nitrogen and oxygen atoms in total. The van der Waals surface area contributed by atoms with Gasteiger partial charge >= 0.3 is 0 Å². The van der Waals surface area contributed by atoms with E-state index < -0.39 is 17.7 Å². The van der Waals surface area contributed by atoms with Crippen molar-refractivity contribution in [1.82, 2.24) is 5.43 Å². The fourth-order valence-corrected chi connectivity index (χ4v) is 2.45. The molecule has 0 bridgehead atoms. The number of rotatable bonds is 4. The van der Waals surface area contributed by atoms with Crippen LogP contribution in [-0.4, -0.2) is 6.26 Å². The first kappa shape index (κ1) is 15.0. The second kappa shape index (κ2) is 6.35. The van der Waals surface area contributed by atoms with Gasteiger partial charge in [0.1, 0.15) is 0 Å². The molecule has 0 radical (unpaired) electrons. The Balaban J connectivity index is 2.44. The molecule has 106 valence electrons. The summed E-state index contributed by atoms with van der Waals surface area (Å²) in [5, 5.41) is 0. The number of benzene rings is 2. The van der Waals surface area contributed by atoms with E-state index >= 15 is 0 Å². The van der Waals surface area contributed by atoms with Crippen LogP contribution in [0.5, 0.6) is 0 Å². The molecular formula is C15H16F2N2S. The largest absolute Gasteiger partial charge is 0.271 e. The summed E-state index contributed by atoms with van der Waals surface area (Å²) in [6.07, 6.45) is 1.97. The second-order valence-corrected chi connectivity index (χ2v) is 5.35. The molecule has 0 saturated carbocycles. The summed E-state index contributed by atoms with van der Waals surface area (Å²) in [6, 6.07) is 10.1. The summed E-state index contributed by atoms with van der Waals surface area (Å²) in [7, 11) is 0. The molecule has 1 unspecified atom stereocenters. The lowest BCUT2D eigenvalue weighted by Gasteiger charge is -2.18. The van der Waals surface area contributed by atoms with Crippen molar-refractivity contribution in [2.45, 2.75) is 17.9 Å². The zero-order valence-corrected chi connectivity index (χ0v) is 12.1. The van der Waals surface area contributed by atoms with Gasteiger partial charge in [-0.3, -0.25) is 5.84 Å². The highest BCUT2D eigenvalue weighted by molar-refractivity contribution is 7.98. The Morgan fingerprint density at radius 1 is 1.05 bits per heavy atom. The number of hydrazine groups is 1. The molecule has 2 aromatic carbocycles. The Labute approximate surface area is 121 Å². The van der Waals surface area contributed by atoms with Gasteiger partial charge in [0, 0.05) is 10.5 Å². The molecule has 0 heterocycles. The summed E-state index contributed by atoms with van der Waals surface area (Å²) < 4.78 is 27.7. The first-order chi connectivity index (χ1) is 9.58. The average molecular weight is 294 g/mol. The quantitative estimate of drug-likeness (QED) is 0.514. The lowest BCUT2D eigenvalue weighted by molar-refractivity contribution is 0.478. The van der Waals surface area contributed by atoms with Crippen LogP contribution in [0.15, 0.2) is 41.3 Å². The molecule has 0 aliphatic rings. The topological polar surface area (TPSA) is 38.0 Å². The molecule has 0 aliphatic carbocycles. The smallest absolute Gasteiger partial charge is 0.164 e. The first-order valence-electron chi connectivity index (χ1n) is 6.13. The van der Waals surface area contributed by atoms with Gasteiger partial charge in [-0.1, -0.05) is 24.3 Å². The van der Waals surface area contributed by atoms with Gasteiger partial charge in [0.25, 0.3) is 0 Å². The molecule has 0 spiro atoms. The number of nitrogens with one attached hydrogen (secondary N) is 1. The SMILES string of the molecule is CSc1ccc(C(NN)c2ccc(C)c(F)c2F)cc1. The van der Waals surface area contributed by atoms with Crippen molar-refractivity contribution >= 4 is 11.8 Å². The van der Waals surface area contributed by atoms with E-state index in [1.807, 2.05) is 30.5 Å². The van der Waals surface area contributed by atoms with Crippen LogP contribution in [-0.2, 0) is 0 Å². The lowest BCUT2D eigenvalue weighted by atomic mass is 9.97. The van der Waals surface area contributed by atoms with Crippen LogP contribution >= 0.6 is 11.8 Å². The van der Waals surface area contributed by atoms with Crippen molar-refractivity contribution < 1.29 is 8.78 Å². The molecule has 2 aromatic rings. The Hall–Kier alpha value is -1.43. The summed E-state index contributed by atoms with van der Waals surface area (Å²) in [5.41, 5.74) is 3.81. The number of halogens is 2. The van der Waals surface area contributed by atoms with Crippen molar-refractivity contribution in [3.63, 3.8) is 0 Å². The van der Waals surface area contributed by atoms with Crippen molar-refractivity contribution in [1.29, 1.82) is 0 Å². The minimum absolute atomic E-state index is 0.201. The minimum atomic E-state index is -0.859. The fraction of sp³-hybridized carbons (Fsp3) is 0.200. The van der Waals surface area contributed by atoms with Crippen molar-refractivity contribution in [2.75, 3.05) is 6.26 Å². The molecule has 2 rings (SSSR count). The van der Waals surface area contributed by atoms with Gasteiger partial charge in [-0.25, -0.2) is 14.2 Å². The standard InChI is InChI=1S/C15H16F2N2S/c1-9-3-8-12(14(17)13(9)16)15(19-18)10-4-6-11(20-2)7-5-10/h3-8,15,19H,18H2,1-2H3. The number of hydrogen-bond donors (Lipinski definition) is 2. The molecule has 0 aromatic heterocycles. The molecule has 0 saturated heterocycles. The van der Waals surface area contributed by atoms with Crippen LogP contribution in [0.25, 0.3) is 0 Å². The number of hydrogen-bond acceptors (Lipinski definition) is 3. The van der Waals surface area contributed by atoms with E-state index in [2.05, 4.69) is 5.43 Å². The van der Waals surface area contributed by atoms with E-state index in [9.17, 15) is 8.78 Å². The maximum atomic E-state index is 14.1. The van der Waals surface area contributed by atoms with Crippen LogP contribution in [0.1, 0.15) is 22.7 Å². The molecule has 0 fully saturated rings. The highest BCUT2D eigenvalue weighted by atomic mass is 32.2. The van der Waals surface area contributed by atoms with E-state index in [1.165, 1.54) is 6.92 Å². The monoisotopic (exact) mass is 294 g/mol. The highest BCUT2D eigenvalue weighted by Crippen LogP contribution is 2.27. The highest BCUT2D eigenvalue weighted by Gasteiger charge is 2.20. The summed E-state index contributed by atoms with van der Waals surface area (Å²) in [5.74, 6) is 3.83. The van der Waals surface area contributed by atoms with E-state index in [1.54, 1.807) is 23.9 Å². The van der Waals surface area contributed by atoms with Crippen molar-refractivity contribution in [2.24, 2.45) is 5.84 Å². The molecule has 1 atom stereocenters. The predicted molar refractivity (Wildman–Crippen MR) is 78.5 cm³/mol. The number of nitrogens with two attached hydrogens (primary N) is 1. The van der Waals surface area contributed by atoms with Crippen LogP contribution in [0, 0.1) is 18.6 Å². The molecule has 20 heavy (non-hydrogen) atoms. The third-order valence-corrected chi connectivity index (χ3v) is 3.98. The minimum Gasteiger partial charge on any atom is -0.271 e. The fourth-order valence-electron chi connectivity index (χ4n) is 2.05. The maximum absolute atomic E-state index is 14.1. The first-order valence-corrected chi connectivity index (χ1v) is 7.35.